The molecule has 118 valence electrons. The zero-order chi connectivity index (χ0) is 16.0. The Morgan fingerprint density at radius 1 is 1.38 bits per heavy atom. The zero-order valence-corrected chi connectivity index (χ0v) is 11.9. The van der Waals surface area contributed by atoms with Crippen molar-refractivity contribution < 1.29 is 22.7 Å². The number of hydrogen-bond acceptors (Lipinski definition) is 3. The molecule has 1 amide bonds. The topological polar surface area (TPSA) is 64.4 Å². The fourth-order valence-electron chi connectivity index (χ4n) is 1.51. The number of carbonyl (C=O) groups excluding carboxylic acids is 1. The standard InChI is InChI=1S/C14H19F3N2O2/c1-9(10(2)18)13(20)19-6-7-21-12-5-3-4-11(8-12)14(15,16)17/h3-5,8-10H,6-7,18H2,1-2H3,(H,19,20). The Morgan fingerprint density at radius 2 is 2.05 bits per heavy atom. The van der Waals surface area contributed by atoms with Crippen molar-refractivity contribution in [2.24, 2.45) is 11.7 Å². The molecule has 0 aromatic heterocycles. The van der Waals surface area contributed by atoms with Crippen LogP contribution in [0.2, 0.25) is 0 Å². The minimum atomic E-state index is -4.40. The van der Waals surface area contributed by atoms with E-state index in [2.05, 4.69) is 5.32 Å². The van der Waals surface area contributed by atoms with Gasteiger partial charge in [-0.05, 0) is 25.1 Å². The maximum atomic E-state index is 12.5. The zero-order valence-electron chi connectivity index (χ0n) is 11.9. The van der Waals surface area contributed by atoms with Crippen molar-refractivity contribution in [2.75, 3.05) is 13.2 Å². The highest BCUT2D eigenvalue weighted by molar-refractivity contribution is 5.78. The van der Waals surface area contributed by atoms with Crippen molar-refractivity contribution >= 4 is 5.91 Å². The molecule has 0 bridgehead atoms. The first-order valence-electron chi connectivity index (χ1n) is 6.55. The fraction of sp³-hybridized carbons (Fsp3) is 0.500. The second-order valence-electron chi connectivity index (χ2n) is 4.81. The summed E-state index contributed by atoms with van der Waals surface area (Å²) in [5.41, 5.74) is 4.82. The van der Waals surface area contributed by atoms with Crippen LogP contribution in [0.5, 0.6) is 5.75 Å². The van der Waals surface area contributed by atoms with Gasteiger partial charge in [0.1, 0.15) is 12.4 Å². The quantitative estimate of drug-likeness (QED) is 0.792. The Balaban J connectivity index is 2.42. The highest BCUT2D eigenvalue weighted by atomic mass is 19.4. The molecule has 4 nitrogen and oxygen atoms in total. The summed E-state index contributed by atoms with van der Waals surface area (Å²) in [6.07, 6.45) is -4.40. The van der Waals surface area contributed by atoms with Crippen molar-refractivity contribution in [2.45, 2.75) is 26.1 Å². The molecule has 21 heavy (non-hydrogen) atoms. The number of hydrogen-bond donors (Lipinski definition) is 2. The summed E-state index contributed by atoms with van der Waals surface area (Å²) in [4.78, 5) is 11.6. The molecule has 0 aliphatic heterocycles. The lowest BCUT2D eigenvalue weighted by Gasteiger charge is -2.15. The lowest BCUT2D eigenvalue weighted by atomic mass is 10.0. The van der Waals surface area contributed by atoms with Crippen molar-refractivity contribution in [3.63, 3.8) is 0 Å². The maximum absolute atomic E-state index is 12.5. The van der Waals surface area contributed by atoms with Crippen LogP contribution < -0.4 is 15.8 Å². The van der Waals surface area contributed by atoms with Gasteiger partial charge >= 0.3 is 6.18 Å². The molecule has 0 heterocycles. The number of halogens is 3. The molecule has 1 aromatic carbocycles. The van der Waals surface area contributed by atoms with Crippen LogP contribution in [0, 0.1) is 5.92 Å². The molecular weight excluding hydrogens is 285 g/mol. The third-order valence-electron chi connectivity index (χ3n) is 3.03. The van der Waals surface area contributed by atoms with Crippen LogP contribution in [0.15, 0.2) is 24.3 Å². The van der Waals surface area contributed by atoms with E-state index in [0.29, 0.717) is 0 Å². The third kappa shape index (κ3) is 5.63. The molecule has 0 saturated heterocycles. The van der Waals surface area contributed by atoms with E-state index in [-0.39, 0.29) is 36.8 Å². The summed E-state index contributed by atoms with van der Waals surface area (Å²) < 4.78 is 42.7. The van der Waals surface area contributed by atoms with Gasteiger partial charge in [-0.15, -0.1) is 0 Å². The number of amides is 1. The molecule has 0 radical (unpaired) electrons. The van der Waals surface area contributed by atoms with Gasteiger partial charge in [-0.3, -0.25) is 4.79 Å². The molecule has 0 aliphatic rings. The molecule has 1 aromatic rings. The Hall–Kier alpha value is -1.76. The normalized spacial score (nSPS) is 14.4. The number of ether oxygens (including phenoxy) is 1. The Morgan fingerprint density at radius 3 is 2.62 bits per heavy atom. The van der Waals surface area contributed by atoms with Crippen LogP contribution in [-0.2, 0) is 11.0 Å². The summed E-state index contributed by atoms with van der Waals surface area (Å²) in [6, 6.07) is 4.33. The minimum Gasteiger partial charge on any atom is -0.492 e. The first-order chi connectivity index (χ1) is 9.71. The first-order valence-corrected chi connectivity index (χ1v) is 6.55. The number of alkyl halides is 3. The van der Waals surface area contributed by atoms with E-state index in [1.54, 1.807) is 13.8 Å². The molecule has 3 N–H and O–H groups in total. The number of benzene rings is 1. The molecule has 1 rings (SSSR count). The van der Waals surface area contributed by atoms with Gasteiger partial charge in [-0.2, -0.15) is 13.2 Å². The van der Waals surface area contributed by atoms with Gasteiger partial charge in [0.2, 0.25) is 5.91 Å². The number of nitrogens with one attached hydrogen (secondary N) is 1. The number of rotatable bonds is 6. The van der Waals surface area contributed by atoms with Crippen molar-refractivity contribution in [3.8, 4) is 5.75 Å². The highest BCUT2D eigenvalue weighted by Crippen LogP contribution is 2.31. The monoisotopic (exact) mass is 304 g/mol. The molecule has 0 fully saturated rings. The smallest absolute Gasteiger partial charge is 0.416 e. The Bertz CT molecular complexity index is 476. The van der Waals surface area contributed by atoms with Crippen LogP contribution in [-0.4, -0.2) is 25.1 Å². The molecular formula is C14H19F3N2O2. The second-order valence-corrected chi connectivity index (χ2v) is 4.81. The molecule has 0 aliphatic carbocycles. The van der Waals surface area contributed by atoms with E-state index in [9.17, 15) is 18.0 Å². The number of carbonyl (C=O) groups is 1. The van der Waals surface area contributed by atoms with Gasteiger partial charge in [0.25, 0.3) is 0 Å². The number of nitrogens with two attached hydrogens (primary N) is 1. The molecule has 0 saturated carbocycles. The molecule has 2 unspecified atom stereocenters. The maximum Gasteiger partial charge on any atom is 0.416 e. The van der Waals surface area contributed by atoms with E-state index in [1.807, 2.05) is 0 Å². The Labute approximate surface area is 121 Å². The van der Waals surface area contributed by atoms with Gasteiger partial charge in [0, 0.05) is 12.0 Å². The summed E-state index contributed by atoms with van der Waals surface area (Å²) >= 11 is 0. The van der Waals surface area contributed by atoms with Gasteiger partial charge in [-0.25, -0.2) is 0 Å². The molecule has 0 spiro atoms. The van der Waals surface area contributed by atoms with E-state index < -0.39 is 11.7 Å². The van der Waals surface area contributed by atoms with E-state index in [1.165, 1.54) is 12.1 Å². The summed E-state index contributed by atoms with van der Waals surface area (Å²) in [7, 11) is 0. The van der Waals surface area contributed by atoms with Crippen molar-refractivity contribution in [1.82, 2.24) is 5.32 Å². The van der Waals surface area contributed by atoms with E-state index >= 15 is 0 Å². The van der Waals surface area contributed by atoms with Crippen LogP contribution in [0.1, 0.15) is 19.4 Å². The summed E-state index contributed by atoms with van der Waals surface area (Å²) in [5, 5.41) is 2.61. The predicted molar refractivity (Wildman–Crippen MR) is 72.8 cm³/mol. The van der Waals surface area contributed by atoms with E-state index in [0.717, 1.165) is 12.1 Å². The third-order valence-corrected chi connectivity index (χ3v) is 3.03. The highest BCUT2D eigenvalue weighted by Gasteiger charge is 2.30. The minimum absolute atomic E-state index is 0.0821. The average Bonchev–Trinajstić information content (AvgIpc) is 2.41. The van der Waals surface area contributed by atoms with Crippen LogP contribution in [0.25, 0.3) is 0 Å². The predicted octanol–water partition coefficient (Wildman–Crippen LogP) is 2.18. The van der Waals surface area contributed by atoms with Crippen molar-refractivity contribution in [3.05, 3.63) is 29.8 Å². The lowest BCUT2D eigenvalue weighted by Crippen LogP contribution is -2.40. The SMILES string of the molecule is CC(N)C(C)C(=O)NCCOc1cccc(C(F)(F)F)c1. The fourth-order valence-corrected chi connectivity index (χ4v) is 1.51. The van der Waals surface area contributed by atoms with Crippen LogP contribution in [0.3, 0.4) is 0 Å². The largest absolute Gasteiger partial charge is 0.492 e. The average molecular weight is 304 g/mol. The molecule has 2 atom stereocenters. The lowest BCUT2D eigenvalue weighted by molar-refractivity contribution is -0.137. The van der Waals surface area contributed by atoms with Crippen LogP contribution in [0.4, 0.5) is 13.2 Å². The van der Waals surface area contributed by atoms with E-state index in [4.69, 9.17) is 10.5 Å². The van der Waals surface area contributed by atoms with Crippen LogP contribution >= 0.6 is 0 Å². The van der Waals surface area contributed by atoms with Gasteiger partial charge < -0.3 is 15.8 Å². The van der Waals surface area contributed by atoms with Gasteiger partial charge in [-0.1, -0.05) is 13.0 Å². The second kappa shape index (κ2) is 7.31. The van der Waals surface area contributed by atoms with Gasteiger partial charge in [0.05, 0.1) is 12.1 Å². The van der Waals surface area contributed by atoms with Crippen molar-refractivity contribution in [1.29, 1.82) is 0 Å². The summed E-state index contributed by atoms with van der Waals surface area (Å²) in [5.74, 6) is -0.435. The first kappa shape index (κ1) is 17.3. The van der Waals surface area contributed by atoms with Gasteiger partial charge in [0.15, 0.2) is 0 Å². The Kier molecular flexibility index (Phi) is 6.02. The molecule has 7 heteroatoms. The summed E-state index contributed by atoms with van der Waals surface area (Å²) in [6.45, 7) is 3.71.